The zero-order valence-electron chi connectivity index (χ0n) is 31.7. The molecule has 2 heterocycles. The van der Waals surface area contributed by atoms with Gasteiger partial charge in [-0.25, -0.2) is 0 Å². The topological polar surface area (TPSA) is 20.7 Å². The van der Waals surface area contributed by atoms with Crippen LogP contribution in [0.2, 0.25) is 0 Å². The number of allylic oxidation sites excluding steroid dienone is 5. The summed E-state index contributed by atoms with van der Waals surface area (Å²) in [7, 11) is 0. The summed E-state index contributed by atoms with van der Waals surface area (Å²) >= 11 is 0. The SMILES string of the molecule is C=Cc1[nH]c2c3c(ccc2c1/C=C\C)C(C)(c1ccccc1)c1c(ccc2c4ccccc4n(-c4ccc(-c5ccccc5)cc4)c12)C3(C)C1=CCCC=C1. The van der Waals surface area contributed by atoms with Gasteiger partial charge in [-0.3, -0.25) is 0 Å². The number of fused-ring (bicyclic) bond motifs is 8. The summed E-state index contributed by atoms with van der Waals surface area (Å²) in [6.45, 7) is 11.3. The fourth-order valence-electron chi connectivity index (χ4n) is 10.1. The molecule has 2 aromatic heterocycles. The molecule has 0 spiro atoms. The molecule has 2 aliphatic rings. The molecule has 2 unspecified atom stereocenters. The van der Waals surface area contributed by atoms with Gasteiger partial charge >= 0.3 is 0 Å². The lowest BCUT2D eigenvalue weighted by Crippen LogP contribution is -2.42. The van der Waals surface area contributed by atoms with Crippen LogP contribution in [0.25, 0.3) is 61.7 Å². The van der Waals surface area contributed by atoms with E-state index in [1.165, 1.54) is 82.8 Å². The number of rotatable bonds is 6. The Kier molecular flexibility index (Phi) is 7.61. The molecule has 0 saturated heterocycles. The number of H-pyrrole nitrogens is 1. The van der Waals surface area contributed by atoms with Crippen molar-refractivity contribution in [3.8, 4) is 16.8 Å². The van der Waals surface area contributed by atoms with E-state index in [0.717, 1.165) is 24.2 Å². The largest absolute Gasteiger partial charge is 0.354 e. The van der Waals surface area contributed by atoms with Gasteiger partial charge < -0.3 is 9.55 Å². The first-order valence-electron chi connectivity index (χ1n) is 19.6. The van der Waals surface area contributed by atoms with Gasteiger partial charge in [0.15, 0.2) is 0 Å². The molecule has 2 heteroatoms. The Labute approximate surface area is 323 Å². The van der Waals surface area contributed by atoms with Gasteiger partial charge in [0.05, 0.1) is 16.6 Å². The van der Waals surface area contributed by atoms with Gasteiger partial charge in [-0.15, -0.1) is 0 Å². The van der Waals surface area contributed by atoms with Crippen LogP contribution in [0.4, 0.5) is 0 Å². The van der Waals surface area contributed by atoms with Crippen LogP contribution < -0.4 is 0 Å². The average Bonchev–Trinajstić information content (AvgIpc) is 3.78. The van der Waals surface area contributed by atoms with E-state index >= 15 is 0 Å². The fraction of sp³-hybridized carbons (Fsp3) is 0.132. The maximum absolute atomic E-state index is 4.25. The van der Waals surface area contributed by atoms with E-state index in [9.17, 15) is 0 Å². The Morgan fingerprint density at radius 1 is 0.655 bits per heavy atom. The number of aromatic amines is 1. The minimum Gasteiger partial charge on any atom is -0.354 e. The standard InChI is InChI=1S/C53H44N2/c1-5-18-40-42-31-33-44-48(50(42)54-46(40)6-2)52(3,37-21-12-8-13-22-37)45-34-32-43-41-25-16-17-26-47(41)55(39-29-27-36(28-30-39)35-19-10-7-11-20-35)51(43)49(45)53(44,4)38-23-14-9-15-24-38/h5-7,9-12,14-34,54H,2,8,13H2,1,3-4H3/b18-5-. The zero-order valence-corrected chi connectivity index (χ0v) is 31.7. The highest BCUT2D eigenvalue weighted by Crippen LogP contribution is 2.60. The Bertz CT molecular complexity index is 2900. The lowest BCUT2D eigenvalue weighted by molar-refractivity contribution is 0.571. The molecule has 2 nitrogen and oxygen atoms in total. The Balaban J connectivity index is 1.39. The van der Waals surface area contributed by atoms with Crippen LogP contribution in [-0.4, -0.2) is 9.55 Å². The van der Waals surface area contributed by atoms with E-state index in [1.807, 2.05) is 6.08 Å². The molecule has 8 aromatic rings. The van der Waals surface area contributed by atoms with Gasteiger partial charge in [0, 0.05) is 43.9 Å². The Hall–Kier alpha value is -6.38. The number of para-hydroxylation sites is 1. The van der Waals surface area contributed by atoms with Gasteiger partial charge in [-0.05, 0) is 102 Å². The summed E-state index contributed by atoms with van der Waals surface area (Å²) in [5.74, 6) is 0. The fourth-order valence-corrected chi connectivity index (χ4v) is 10.1. The maximum atomic E-state index is 4.25. The molecule has 0 radical (unpaired) electrons. The van der Waals surface area contributed by atoms with E-state index in [4.69, 9.17) is 0 Å². The quantitative estimate of drug-likeness (QED) is 0.178. The summed E-state index contributed by atoms with van der Waals surface area (Å²) in [5, 5.41) is 3.76. The summed E-state index contributed by atoms with van der Waals surface area (Å²) < 4.78 is 2.54. The van der Waals surface area contributed by atoms with Crippen LogP contribution >= 0.6 is 0 Å². The molecule has 55 heavy (non-hydrogen) atoms. The van der Waals surface area contributed by atoms with Crippen LogP contribution in [0, 0.1) is 0 Å². The lowest BCUT2D eigenvalue weighted by Gasteiger charge is -2.48. The summed E-state index contributed by atoms with van der Waals surface area (Å²) in [6.07, 6.45) is 15.7. The van der Waals surface area contributed by atoms with Gasteiger partial charge in [0.1, 0.15) is 0 Å². The molecule has 0 amide bonds. The average molecular weight is 709 g/mol. The van der Waals surface area contributed by atoms with E-state index in [2.05, 4.69) is 201 Å². The van der Waals surface area contributed by atoms with Gasteiger partial charge in [-0.1, -0.05) is 152 Å². The molecule has 2 aliphatic carbocycles. The Morgan fingerprint density at radius 3 is 2.04 bits per heavy atom. The van der Waals surface area contributed by atoms with Gasteiger partial charge in [0.2, 0.25) is 0 Å². The van der Waals surface area contributed by atoms with Crippen LogP contribution in [0.3, 0.4) is 0 Å². The molecule has 0 aliphatic heterocycles. The minimum absolute atomic E-state index is 0.460. The predicted octanol–water partition coefficient (Wildman–Crippen LogP) is 13.9. The van der Waals surface area contributed by atoms with Crippen molar-refractivity contribution in [2.45, 2.75) is 44.4 Å². The second-order valence-electron chi connectivity index (χ2n) is 15.5. The van der Waals surface area contributed by atoms with Crippen molar-refractivity contribution in [2.24, 2.45) is 0 Å². The molecular formula is C53H44N2. The van der Waals surface area contributed by atoms with E-state index in [0.29, 0.717) is 0 Å². The van der Waals surface area contributed by atoms with Crippen LogP contribution in [0.1, 0.15) is 72.7 Å². The number of hydrogen-bond acceptors (Lipinski definition) is 0. The highest BCUT2D eigenvalue weighted by molar-refractivity contribution is 6.12. The van der Waals surface area contributed by atoms with Crippen molar-refractivity contribution >= 4 is 44.9 Å². The maximum Gasteiger partial charge on any atom is 0.0588 e. The minimum atomic E-state index is -0.506. The normalized spacial score (nSPS) is 19.2. The molecule has 0 fully saturated rings. The number of aromatic nitrogens is 2. The number of nitrogens with zero attached hydrogens (tertiary/aromatic N) is 1. The second-order valence-corrected chi connectivity index (χ2v) is 15.5. The molecule has 6 aromatic carbocycles. The van der Waals surface area contributed by atoms with Crippen molar-refractivity contribution in [1.82, 2.24) is 9.55 Å². The lowest BCUT2D eigenvalue weighted by atomic mass is 9.54. The van der Waals surface area contributed by atoms with E-state index < -0.39 is 10.8 Å². The highest BCUT2D eigenvalue weighted by atomic mass is 15.0. The van der Waals surface area contributed by atoms with Crippen LogP contribution in [0.5, 0.6) is 0 Å². The smallest absolute Gasteiger partial charge is 0.0588 e. The van der Waals surface area contributed by atoms with Crippen molar-refractivity contribution in [3.63, 3.8) is 0 Å². The van der Waals surface area contributed by atoms with Crippen molar-refractivity contribution in [2.75, 3.05) is 0 Å². The molecule has 0 saturated carbocycles. The van der Waals surface area contributed by atoms with Crippen LogP contribution in [0.15, 0.2) is 170 Å². The third kappa shape index (κ3) is 4.67. The third-order valence-corrected chi connectivity index (χ3v) is 12.7. The molecule has 0 bridgehead atoms. The molecule has 266 valence electrons. The zero-order chi connectivity index (χ0) is 37.3. The van der Waals surface area contributed by atoms with Crippen molar-refractivity contribution in [3.05, 3.63) is 209 Å². The monoisotopic (exact) mass is 708 g/mol. The molecule has 2 atom stereocenters. The van der Waals surface area contributed by atoms with Crippen molar-refractivity contribution in [1.29, 1.82) is 0 Å². The summed E-state index contributed by atoms with van der Waals surface area (Å²) in [5.41, 5.74) is 16.5. The number of benzene rings is 6. The number of nitrogens with one attached hydrogen (secondary N) is 1. The second kappa shape index (κ2) is 12.6. The first kappa shape index (κ1) is 33.2. The van der Waals surface area contributed by atoms with Crippen LogP contribution in [-0.2, 0) is 10.8 Å². The first-order valence-corrected chi connectivity index (χ1v) is 19.6. The van der Waals surface area contributed by atoms with E-state index in [1.54, 1.807) is 0 Å². The highest BCUT2D eigenvalue weighted by Gasteiger charge is 2.51. The number of hydrogen-bond donors (Lipinski definition) is 1. The predicted molar refractivity (Wildman–Crippen MR) is 234 cm³/mol. The van der Waals surface area contributed by atoms with Crippen molar-refractivity contribution < 1.29 is 0 Å². The summed E-state index contributed by atoms with van der Waals surface area (Å²) in [6, 6.07) is 49.6. The Morgan fingerprint density at radius 2 is 1.33 bits per heavy atom. The van der Waals surface area contributed by atoms with Gasteiger partial charge in [-0.2, -0.15) is 0 Å². The molecule has 1 N–H and O–H groups in total. The van der Waals surface area contributed by atoms with E-state index in [-0.39, 0.29) is 0 Å². The molecular weight excluding hydrogens is 665 g/mol. The van der Waals surface area contributed by atoms with Gasteiger partial charge in [0.25, 0.3) is 0 Å². The first-order chi connectivity index (χ1) is 27.0. The third-order valence-electron chi connectivity index (χ3n) is 12.7. The summed E-state index contributed by atoms with van der Waals surface area (Å²) in [4.78, 5) is 3.93. The molecule has 10 rings (SSSR count).